The van der Waals surface area contributed by atoms with E-state index in [9.17, 15) is 4.79 Å². The Bertz CT molecular complexity index is 651. The number of nitrogens with zero attached hydrogens (tertiary/aromatic N) is 5. The minimum absolute atomic E-state index is 0.274. The lowest BCUT2D eigenvalue weighted by Gasteiger charge is -2.36. The second-order valence-corrected chi connectivity index (χ2v) is 7.40. The Morgan fingerprint density at radius 2 is 1.76 bits per heavy atom. The van der Waals surface area contributed by atoms with Crippen LogP contribution in [0.4, 0.5) is 4.79 Å². The number of carbonyl (C=O) groups excluding carboxylic acids is 1. The van der Waals surface area contributed by atoms with Crippen LogP contribution >= 0.6 is 0 Å². The van der Waals surface area contributed by atoms with Crippen LogP contribution in [0.5, 0.6) is 0 Å². The molecule has 140 valence electrons. The zero-order chi connectivity index (χ0) is 18.8. The molecular formula is C17H30N6O2. The summed E-state index contributed by atoms with van der Waals surface area (Å²) < 4.78 is 7.26. The molecular weight excluding hydrogens is 320 g/mol. The van der Waals surface area contributed by atoms with Crippen molar-refractivity contribution in [3.8, 4) is 0 Å². The van der Waals surface area contributed by atoms with Crippen molar-refractivity contribution in [2.24, 2.45) is 17.8 Å². The van der Waals surface area contributed by atoms with Crippen LogP contribution in [-0.2, 0) is 18.3 Å². The molecule has 0 radical (unpaired) electrons. The van der Waals surface area contributed by atoms with Gasteiger partial charge in [0.1, 0.15) is 5.60 Å². The van der Waals surface area contributed by atoms with E-state index in [1.165, 1.54) is 0 Å². The number of hydrogen-bond acceptors (Lipinski definition) is 4. The van der Waals surface area contributed by atoms with E-state index in [4.69, 9.17) is 10.5 Å². The molecule has 1 aliphatic heterocycles. The fraction of sp³-hybridized carbons (Fsp3) is 0.706. The molecule has 0 aliphatic carbocycles. The third-order valence-corrected chi connectivity index (χ3v) is 4.31. The van der Waals surface area contributed by atoms with Gasteiger partial charge in [0.15, 0.2) is 5.96 Å². The van der Waals surface area contributed by atoms with E-state index in [0.29, 0.717) is 38.7 Å². The molecule has 2 rings (SSSR count). The number of guanidine groups is 1. The monoisotopic (exact) mass is 350 g/mol. The average molecular weight is 350 g/mol. The van der Waals surface area contributed by atoms with Gasteiger partial charge in [0.25, 0.3) is 0 Å². The first-order valence-electron chi connectivity index (χ1n) is 8.60. The van der Waals surface area contributed by atoms with Gasteiger partial charge in [-0.2, -0.15) is 5.10 Å². The van der Waals surface area contributed by atoms with Gasteiger partial charge in [-0.25, -0.2) is 9.79 Å². The molecule has 1 saturated heterocycles. The quantitative estimate of drug-likeness (QED) is 0.643. The van der Waals surface area contributed by atoms with Crippen LogP contribution in [0.2, 0.25) is 0 Å². The SMILES string of the molecule is Cc1nn(C)c(C)c1CN=C(N)N1CCN(C(=O)OC(C)(C)C)CC1. The molecule has 1 amide bonds. The Kier molecular flexibility index (Phi) is 5.59. The summed E-state index contributed by atoms with van der Waals surface area (Å²) in [6.45, 7) is 12.6. The lowest BCUT2D eigenvalue weighted by atomic mass is 10.2. The summed E-state index contributed by atoms with van der Waals surface area (Å²) in [6.07, 6.45) is -0.274. The zero-order valence-corrected chi connectivity index (χ0v) is 16.2. The lowest BCUT2D eigenvalue weighted by Crippen LogP contribution is -2.53. The molecule has 0 atom stereocenters. The first-order valence-corrected chi connectivity index (χ1v) is 8.60. The molecule has 8 nitrogen and oxygen atoms in total. The predicted octanol–water partition coefficient (Wildman–Crippen LogP) is 1.40. The number of nitrogens with two attached hydrogens (primary N) is 1. The molecule has 1 aromatic rings. The first kappa shape index (κ1) is 19.1. The highest BCUT2D eigenvalue weighted by molar-refractivity contribution is 5.78. The van der Waals surface area contributed by atoms with E-state index in [1.54, 1.807) is 4.90 Å². The fourth-order valence-corrected chi connectivity index (χ4v) is 2.75. The van der Waals surface area contributed by atoms with Crippen molar-refractivity contribution in [2.75, 3.05) is 26.2 Å². The van der Waals surface area contributed by atoms with Crippen LogP contribution in [0, 0.1) is 13.8 Å². The molecule has 1 aliphatic rings. The van der Waals surface area contributed by atoms with Crippen LogP contribution in [0.15, 0.2) is 4.99 Å². The first-order chi connectivity index (χ1) is 11.6. The minimum Gasteiger partial charge on any atom is -0.444 e. The molecule has 0 spiro atoms. The smallest absolute Gasteiger partial charge is 0.410 e. The normalized spacial score (nSPS) is 16.3. The fourth-order valence-electron chi connectivity index (χ4n) is 2.75. The van der Waals surface area contributed by atoms with Gasteiger partial charge in [-0.1, -0.05) is 0 Å². The van der Waals surface area contributed by atoms with Gasteiger partial charge < -0.3 is 20.3 Å². The second kappa shape index (κ2) is 7.33. The van der Waals surface area contributed by atoms with Crippen molar-refractivity contribution in [3.63, 3.8) is 0 Å². The largest absolute Gasteiger partial charge is 0.444 e. The van der Waals surface area contributed by atoms with Gasteiger partial charge >= 0.3 is 6.09 Å². The summed E-state index contributed by atoms with van der Waals surface area (Å²) in [5.41, 5.74) is 8.85. The molecule has 8 heteroatoms. The van der Waals surface area contributed by atoms with Crippen LogP contribution in [0.1, 0.15) is 37.7 Å². The highest BCUT2D eigenvalue weighted by atomic mass is 16.6. The van der Waals surface area contributed by atoms with Gasteiger partial charge in [0, 0.05) is 44.5 Å². The third kappa shape index (κ3) is 4.87. The summed E-state index contributed by atoms with van der Waals surface area (Å²) in [4.78, 5) is 20.3. The minimum atomic E-state index is -0.478. The number of hydrogen-bond donors (Lipinski definition) is 1. The van der Waals surface area contributed by atoms with Crippen molar-refractivity contribution >= 4 is 12.1 Å². The van der Waals surface area contributed by atoms with Crippen molar-refractivity contribution in [1.82, 2.24) is 19.6 Å². The third-order valence-electron chi connectivity index (χ3n) is 4.31. The number of piperazine rings is 1. The van der Waals surface area contributed by atoms with E-state index < -0.39 is 5.60 Å². The summed E-state index contributed by atoms with van der Waals surface area (Å²) in [5, 5.41) is 4.39. The number of aryl methyl sites for hydroxylation is 2. The highest BCUT2D eigenvalue weighted by Gasteiger charge is 2.26. The Morgan fingerprint density at radius 1 is 1.20 bits per heavy atom. The molecule has 1 aromatic heterocycles. The van der Waals surface area contributed by atoms with Gasteiger partial charge in [0.05, 0.1) is 12.2 Å². The average Bonchev–Trinajstić information content (AvgIpc) is 2.76. The van der Waals surface area contributed by atoms with Crippen molar-refractivity contribution in [1.29, 1.82) is 0 Å². The van der Waals surface area contributed by atoms with Gasteiger partial charge in [0.2, 0.25) is 0 Å². The number of aliphatic imine (C=N–C) groups is 1. The summed E-state index contributed by atoms with van der Waals surface area (Å²) in [6, 6.07) is 0. The van der Waals surface area contributed by atoms with E-state index >= 15 is 0 Å². The standard InChI is InChI=1S/C17H30N6O2/c1-12-14(13(2)21(6)20-12)11-19-15(18)22-7-9-23(10-8-22)16(24)25-17(3,4)5/h7-11H2,1-6H3,(H2,18,19). The maximum Gasteiger partial charge on any atom is 0.410 e. The van der Waals surface area contributed by atoms with Gasteiger partial charge in [-0.05, 0) is 34.6 Å². The Hall–Kier alpha value is -2.25. The second-order valence-electron chi connectivity index (χ2n) is 7.40. The van der Waals surface area contributed by atoms with Gasteiger partial charge in [-0.3, -0.25) is 4.68 Å². The van der Waals surface area contributed by atoms with Crippen molar-refractivity contribution in [2.45, 2.75) is 46.8 Å². The molecule has 0 unspecified atom stereocenters. The van der Waals surface area contributed by atoms with E-state index in [0.717, 1.165) is 17.0 Å². The molecule has 25 heavy (non-hydrogen) atoms. The van der Waals surface area contributed by atoms with Crippen LogP contribution in [0.3, 0.4) is 0 Å². The zero-order valence-electron chi connectivity index (χ0n) is 16.2. The number of aromatic nitrogens is 2. The molecule has 2 heterocycles. The highest BCUT2D eigenvalue weighted by Crippen LogP contribution is 2.14. The van der Waals surface area contributed by atoms with Crippen molar-refractivity contribution in [3.05, 3.63) is 17.0 Å². The van der Waals surface area contributed by atoms with E-state index in [1.807, 2.05) is 51.2 Å². The maximum atomic E-state index is 12.1. The van der Waals surface area contributed by atoms with Crippen LogP contribution in [0.25, 0.3) is 0 Å². The number of ether oxygens (including phenoxy) is 1. The lowest BCUT2D eigenvalue weighted by molar-refractivity contribution is 0.0186. The summed E-state index contributed by atoms with van der Waals surface area (Å²) in [5.74, 6) is 0.506. The summed E-state index contributed by atoms with van der Waals surface area (Å²) in [7, 11) is 1.93. The number of amides is 1. The van der Waals surface area contributed by atoms with Crippen LogP contribution in [-0.4, -0.2) is 63.4 Å². The maximum absolute atomic E-state index is 12.1. The molecule has 2 N–H and O–H groups in total. The van der Waals surface area contributed by atoms with Crippen molar-refractivity contribution < 1.29 is 9.53 Å². The molecule has 1 fully saturated rings. The van der Waals surface area contributed by atoms with Crippen LogP contribution < -0.4 is 5.73 Å². The Labute approximate surface area is 149 Å². The van der Waals surface area contributed by atoms with E-state index in [2.05, 4.69) is 10.1 Å². The molecule has 0 saturated carbocycles. The Morgan fingerprint density at radius 3 is 2.24 bits per heavy atom. The van der Waals surface area contributed by atoms with E-state index in [-0.39, 0.29) is 6.09 Å². The summed E-state index contributed by atoms with van der Waals surface area (Å²) >= 11 is 0. The van der Waals surface area contributed by atoms with Gasteiger partial charge in [-0.15, -0.1) is 0 Å². The predicted molar refractivity (Wildman–Crippen MR) is 97.4 cm³/mol. The topological polar surface area (TPSA) is 89.0 Å². The Balaban J connectivity index is 1.90. The molecule has 0 bridgehead atoms. The number of carbonyl (C=O) groups is 1. The number of rotatable bonds is 2. The molecule has 0 aromatic carbocycles.